The highest BCUT2D eigenvalue weighted by atomic mass is 19.4. The quantitative estimate of drug-likeness (QED) is 0.304. The lowest BCUT2D eigenvalue weighted by molar-refractivity contribution is -0.143. The van der Waals surface area contributed by atoms with E-state index in [0.717, 1.165) is 4.90 Å². The van der Waals surface area contributed by atoms with Gasteiger partial charge < -0.3 is 10.2 Å². The molecule has 0 bridgehead atoms. The number of carbonyl (C=O) groups is 2. The number of alkyl halides is 6. The van der Waals surface area contributed by atoms with E-state index in [2.05, 4.69) is 10.3 Å². The maximum Gasteiger partial charge on any atom is 0.416 e. The van der Waals surface area contributed by atoms with E-state index in [1.165, 1.54) is 45.3 Å². The number of aromatic nitrogens is 1. The smallest absolute Gasteiger partial charge is 0.351 e. The highest BCUT2D eigenvalue weighted by molar-refractivity contribution is 6.03. The van der Waals surface area contributed by atoms with Gasteiger partial charge >= 0.3 is 12.4 Å². The summed E-state index contributed by atoms with van der Waals surface area (Å²) in [6.07, 6.45) is -8.65. The molecule has 3 aromatic rings. The van der Waals surface area contributed by atoms with Crippen molar-refractivity contribution in [2.24, 2.45) is 0 Å². The summed E-state index contributed by atoms with van der Waals surface area (Å²) in [4.78, 5) is 31.7. The molecule has 1 saturated heterocycles. The number of hydrogen-bond acceptors (Lipinski definition) is 3. The Morgan fingerprint density at radius 3 is 1.98 bits per heavy atom. The molecular formula is C31H30F7N3O2. The molecule has 1 aliphatic rings. The minimum atomic E-state index is -5.08. The molecule has 2 aromatic carbocycles. The first-order chi connectivity index (χ1) is 19.6. The van der Waals surface area contributed by atoms with Gasteiger partial charge in [-0.1, -0.05) is 6.07 Å². The largest absolute Gasteiger partial charge is 0.416 e. The SMILES string of the molecule is Cc1cc(F)ccc1-c1cc([C@@H]2CC(=O)NC2(C)C)ncc1N(C)C(=O)C(C)(C)c1cc(C(F)(F)F)cc(C(F)(F)F)c1. The van der Waals surface area contributed by atoms with Crippen LogP contribution in [0.3, 0.4) is 0 Å². The van der Waals surface area contributed by atoms with Crippen LogP contribution in [0.1, 0.15) is 68.0 Å². The summed E-state index contributed by atoms with van der Waals surface area (Å²) in [5.41, 5.74) is -3.89. The van der Waals surface area contributed by atoms with Gasteiger partial charge in [-0.2, -0.15) is 26.3 Å². The fourth-order valence-corrected chi connectivity index (χ4v) is 5.45. The van der Waals surface area contributed by atoms with Crippen LogP contribution in [0.25, 0.3) is 11.1 Å². The number of benzene rings is 2. The van der Waals surface area contributed by atoms with E-state index in [-0.39, 0.29) is 30.0 Å². The lowest BCUT2D eigenvalue weighted by Gasteiger charge is -2.32. The molecule has 1 aliphatic heterocycles. The maximum atomic E-state index is 14.0. The molecular weight excluding hydrogens is 579 g/mol. The third kappa shape index (κ3) is 6.23. The molecule has 4 rings (SSSR count). The number of amides is 2. The van der Waals surface area contributed by atoms with Crippen molar-refractivity contribution in [2.75, 3.05) is 11.9 Å². The van der Waals surface area contributed by atoms with E-state index in [0.29, 0.717) is 34.5 Å². The lowest BCUT2D eigenvalue weighted by atomic mass is 9.81. The van der Waals surface area contributed by atoms with Gasteiger partial charge in [-0.05, 0) is 87.7 Å². The number of carbonyl (C=O) groups excluding carboxylic acids is 2. The summed E-state index contributed by atoms with van der Waals surface area (Å²) in [7, 11) is 1.34. The van der Waals surface area contributed by atoms with Crippen LogP contribution in [0.5, 0.6) is 0 Å². The summed E-state index contributed by atoms with van der Waals surface area (Å²) >= 11 is 0. The van der Waals surface area contributed by atoms with Crippen LogP contribution in [0.2, 0.25) is 0 Å². The van der Waals surface area contributed by atoms with Crippen LogP contribution in [0.15, 0.2) is 48.7 Å². The van der Waals surface area contributed by atoms with Crippen molar-refractivity contribution in [1.29, 1.82) is 0 Å². The molecule has 0 saturated carbocycles. The van der Waals surface area contributed by atoms with Gasteiger partial charge in [-0.3, -0.25) is 14.6 Å². The Kier molecular flexibility index (Phi) is 7.91. The Morgan fingerprint density at radius 1 is 0.930 bits per heavy atom. The molecule has 5 nitrogen and oxygen atoms in total. The van der Waals surface area contributed by atoms with E-state index in [9.17, 15) is 40.3 Å². The molecule has 2 amide bonds. The van der Waals surface area contributed by atoms with E-state index < -0.39 is 51.7 Å². The Balaban J connectivity index is 1.85. The minimum Gasteiger partial charge on any atom is -0.351 e. The van der Waals surface area contributed by atoms with Crippen molar-refractivity contribution in [3.8, 4) is 11.1 Å². The molecule has 1 aromatic heterocycles. The number of rotatable bonds is 5. The molecule has 0 radical (unpaired) electrons. The second-order valence-electron chi connectivity index (χ2n) is 11.9. The van der Waals surface area contributed by atoms with Crippen molar-refractivity contribution in [1.82, 2.24) is 10.3 Å². The van der Waals surface area contributed by atoms with E-state index in [1.54, 1.807) is 13.0 Å². The number of hydrogen-bond donors (Lipinski definition) is 1. The van der Waals surface area contributed by atoms with Crippen molar-refractivity contribution >= 4 is 17.5 Å². The highest BCUT2D eigenvalue weighted by Gasteiger charge is 2.43. The first-order valence-electron chi connectivity index (χ1n) is 13.3. The first kappa shape index (κ1) is 32.0. The molecule has 43 heavy (non-hydrogen) atoms. The van der Waals surface area contributed by atoms with Crippen molar-refractivity contribution in [3.63, 3.8) is 0 Å². The average molecular weight is 610 g/mol. The first-order valence-corrected chi connectivity index (χ1v) is 13.3. The number of nitrogens with zero attached hydrogens (tertiary/aromatic N) is 2. The van der Waals surface area contributed by atoms with E-state index in [1.807, 2.05) is 13.8 Å². The molecule has 12 heteroatoms. The van der Waals surface area contributed by atoms with E-state index in [4.69, 9.17) is 0 Å². The normalized spacial score (nSPS) is 17.1. The fourth-order valence-electron chi connectivity index (χ4n) is 5.45. The number of nitrogens with one attached hydrogen (secondary N) is 1. The Bertz CT molecular complexity index is 1560. The zero-order valence-electron chi connectivity index (χ0n) is 24.3. The van der Waals surface area contributed by atoms with Crippen LogP contribution in [-0.4, -0.2) is 29.4 Å². The van der Waals surface area contributed by atoms with Gasteiger partial charge in [0.15, 0.2) is 0 Å². The third-order valence-corrected chi connectivity index (χ3v) is 7.97. The summed E-state index contributed by atoms with van der Waals surface area (Å²) in [5.74, 6) is -1.83. The molecule has 230 valence electrons. The Hall–Kier alpha value is -3.96. The Morgan fingerprint density at radius 2 is 1.49 bits per heavy atom. The minimum absolute atomic E-state index is 0.00987. The summed E-state index contributed by atoms with van der Waals surface area (Å²) in [6, 6.07) is 6.78. The molecule has 1 N–H and O–H groups in total. The van der Waals surface area contributed by atoms with Gasteiger partial charge in [-0.15, -0.1) is 0 Å². The van der Waals surface area contributed by atoms with Crippen molar-refractivity contribution < 1.29 is 40.3 Å². The average Bonchev–Trinajstić information content (AvgIpc) is 3.17. The molecule has 1 atom stereocenters. The third-order valence-electron chi connectivity index (χ3n) is 7.97. The topological polar surface area (TPSA) is 62.3 Å². The molecule has 0 aliphatic carbocycles. The van der Waals surface area contributed by atoms with Crippen LogP contribution in [0, 0.1) is 12.7 Å². The van der Waals surface area contributed by atoms with Crippen LogP contribution < -0.4 is 10.2 Å². The molecule has 0 spiro atoms. The molecule has 1 fully saturated rings. The van der Waals surface area contributed by atoms with Crippen LogP contribution >= 0.6 is 0 Å². The fraction of sp³-hybridized carbons (Fsp3) is 0.387. The lowest BCUT2D eigenvalue weighted by Crippen LogP contribution is -2.42. The van der Waals surface area contributed by atoms with Crippen LogP contribution in [-0.2, 0) is 27.4 Å². The molecule has 0 unspecified atom stereocenters. The Labute approximate surface area is 244 Å². The number of pyridine rings is 1. The monoisotopic (exact) mass is 609 g/mol. The van der Waals surface area contributed by atoms with Gasteiger partial charge in [0.25, 0.3) is 0 Å². The van der Waals surface area contributed by atoms with Crippen LogP contribution in [0.4, 0.5) is 36.4 Å². The zero-order valence-corrected chi connectivity index (χ0v) is 24.3. The second kappa shape index (κ2) is 10.6. The highest BCUT2D eigenvalue weighted by Crippen LogP contribution is 2.42. The van der Waals surface area contributed by atoms with Gasteiger partial charge in [0.2, 0.25) is 11.8 Å². The second-order valence-corrected chi connectivity index (χ2v) is 11.9. The summed E-state index contributed by atoms with van der Waals surface area (Å²) in [6.45, 7) is 7.81. The van der Waals surface area contributed by atoms with Gasteiger partial charge in [-0.25, -0.2) is 4.39 Å². The number of halogens is 7. The number of aryl methyl sites for hydroxylation is 1. The zero-order chi connectivity index (χ0) is 32.3. The molecule has 2 heterocycles. The summed E-state index contributed by atoms with van der Waals surface area (Å²) in [5, 5.41) is 2.89. The van der Waals surface area contributed by atoms with Gasteiger partial charge in [0, 0.05) is 36.2 Å². The predicted octanol–water partition coefficient (Wildman–Crippen LogP) is 7.56. The van der Waals surface area contributed by atoms with Gasteiger partial charge in [0.05, 0.1) is 28.4 Å². The van der Waals surface area contributed by atoms with Crippen molar-refractivity contribution in [2.45, 2.75) is 70.3 Å². The standard InChI is InChI=1S/C31H30F7N3O2/c1-16-9-20(32)7-8-21(16)22-13-24(23-14-26(42)40-29(23,4)5)39-15-25(22)41(6)27(43)28(2,3)17-10-18(30(33,34)35)12-19(11-17)31(36,37)38/h7-13,15,23H,14H2,1-6H3,(H,40,42)/t23-/m0/s1. The maximum absolute atomic E-state index is 14.0. The van der Waals surface area contributed by atoms with Crippen molar-refractivity contribution in [3.05, 3.63) is 82.4 Å². The number of likely N-dealkylation sites (N-methyl/N-ethyl adjacent to an activating group) is 1. The van der Waals surface area contributed by atoms with E-state index >= 15 is 0 Å². The van der Waals surface area contributed by atoms with Gasteiger partial charge in [0.1, 0.15) is 5.82 Å². The number of anilines is 1. The summed E-state index contributed by atoms with van der Waals surface area (Å²) < 4.78 is 95.5. The predicted molar refractivity (Wildman–Crippen MR) is 147 cm³/mol.